The number of aromatic nitrogens is 2. The second-order valence-corrected chi connectivity index (χ2v) is 5.41. The zero-order valence-corrected chi connectivity index (χ0v) is 13.5. The van der Waals surface area contributed by atoms with Gasteiger partial charge in [-0.1, -0.05) is 12.1 Å². The molecule has 0 radical (unpaired) electrons. The van der Waals surface area contributed by atoms with Crippen molar-refractivity contribution in [2.24, 2.45) is 7.05 Å². The van der Waals surface area contributed by atoms with Crippen molar-refractivity contribution >= 4 is 27.7 Å². The molecule has 0 aliphatic rings. The summed E-state index contributed by atoms with van der Waals surface area (Å²) in [6, 6.07) is 6.97. The Morgan fingerprint density at radius 1 is 1.14 bits per heavy atom. The van der Waals surface area contributed by atoms with E-state index >= 15 is 0 Å². The maximum Gasteiger partial charge on any atom is 0.273 e. The lowest BCUT2D eigenvalue weighted by molar-refractivity contribution is 0.0845. The van der Waals surface area contributed by atoms with Crippen molar-refractivity contribution in [1.82, 2.24) is 20.6 Å². The molecule has 1 aromatic carbocycles. The van der Waals surface area contributed by atoms with E-state index in [2.05, 4.69) is 31.9 Å². The summed E-state index contributed by atoms with van der Waals surface area (Å²) in [5, 5.41) is 4.17. The van der Waals surface area contributed by atoms with Gasteiger partial charge in [0.15, 0.2) is 0 Å². The molecule has 21 heavy (non-hydrogen) atoms. The number of nitrogens with zero attached hydrogens (tertiary/aromatic N) is 2. The molecule has 0 spiro atoms. The zero-order valence-electron chi connectivity index (χ0n) is 11.9. The maximum absolute atomic E-state index is 12.1. The first-order chi connectivity index (χ1) is 9.91. The van der Waals surface area contributed by atoms with Crippen molar-refractivity contribution in [2.45, 2.75) is 13.8 Å². The van der Waals surface area contributed by atoms with Crippen LogP contribution in [-0.4, -0.2) is 21.6 Å². The molecule has 2 N–H and O–H groups in total. The molecule has 6 nitrogen and oxygen atoms in total. The number of benzene rings is 1. The van der Waals surface area contributed by atoms with E-state index in [1.54, 1.807) is 43.8 Å². The molecule has 0 saturated carbocycles. The summed E-state index contributed by atoms with van der Waals surface area (Å²) in [7, 11) is 1.76. The number of carbonyl (C=O) groups excluding carboxylic acids is 2. The number of hydrazine groups is 1. The summed E-state index contributed by atoms with van der Waals surface area (Å²) in [6.07, 6.45) is 0. The molecular formula is C14H15BrN4O2. The molecule has 0 unspecified atom stereocenters. The van der Waals surface area contributed by atoms with Gasteiger partial charge in [0.1, 0.15) is 0 Å². The fourth-order valence-corrected chi connectivity index (χ4v) is 2.46. The Labute approximate surface area is 130 Å². The van der Waals surface area contributed by atoms with Crippen LogP contribution in [0.5, 0.6) is 0 Å². The van der Waals surface area contributed by atoms with E-state index in [-0.39, 0.29) is 0 Å². The Morgan fingerprint density at radius 3 is 2.33 bits per heavy atom. The molecule has 0 fully saturated rings. The monoisotopic (exact) mass is 350 g/mol. The largest absolute Gasteiger partial charge is 0.273 e. The van der Waals surface area contributed by atoms with Gasteiger partial charge in [-0.3, -0.25) is 25.1 Å². The molecule has 1 aromatic heterocycles. The standard InChI is InChI=1S/C14H15BrN4O2/c1-8-12(9(2)19(3)18-8)14(21)17-16-13(20)10-6-4-5-7-11(10)15/h4-7H,1-3H3,(H,16,20)(H,17,21). The minimum absolute atomic E-state index is 0.390. The van der Waals surface area contributed by atoms with Crippen LogP contribution in [0.1, 0.15) is 32.1 Å². The van der Waals surface area contributed by atoms with Gasteiger partial charge in [-0.15, -0.1) is 0 Å². The van der Waals surface area contributed by atoms with Gasteiger partial charge in [0.05, 0.1) is 16.8 Å². The fraction of sp³-hybridized carbons (Fsp3) is 0.214. The number of hydrogen-bond acceptors (Lipinski definition) is 3. The first-order valence-electron chi connectivity index (χ1n) is 6.27. The average molecular weight is 351 g/mol. The lowest BCUT2D eigenvalue weighted by Crippen LogP contribution is -2.42. The Hall–Kier alpha value is -2.15. The molecule has 2 rings (SSSR count). The van der Waals surface area contributed by atoms with E-state index in [0.29, 0.717) is 21.3 Å². The first-order valence-corrected chi connectivity index (χ1v) is 7.06. The Balaban J connectivity index is 2.08. The minimum atomic E-state index is -0.393. The van der Waals surface area contributed by atoms with E-state index in [1.165, 1.54) is 0 Å². The highest BCUT2D eigenvalue weighted by molar-refractivity contribution is 9.10. The van der Waals surface area contributed by atoms with Gasteiger partial charge in [0, 0.05) is 17.2 Å². The summed E-state index contributed by atoms with van der Waals surface area (Å²) in [4.78, 5) is 24.1. The van der Waals surface area contributed by atoms with Crippen LogP contribution in [0.3, 0.4) is 0 Å². The van der Waals surface area contributed by atoms with E-state index in [1.807, 2.05) is 6.07 Å². The van der Waals surface area contributed by atoms with E-state index < -0.39 is 11.8 Å². The van der Waals surface area contributed by atoms with Gasteiger partial charge in [-0.05, 0) is 41.9 Å². The third-order valence-corrected chi connectivity index (χ3v) is 3.84. The van der Waals surface area contributed by atoms with E-state index in [0.717, 1.165) is 5.69 Å². The van der Waals surface area contributed by atoms with Crippen molar-refractivity contribution in [1.29, 1.82) is 0 Å². The van der Waals surface area contributed by atoms with Gasteiger partial charge in [-0.2, -0.15) is 5.10 Å². The SMILES string of the molecule is Cc1nn(C)c(C)c1C(=O)NNC(=O)c1ccccc1Br. The summed E-state index contributed by atoms with van der Waals surface area (Å²) in [6.45, 7) is 3.54. The third kappa shape index (κ3) is 3.13. The van der Waals surface area contributed by atoms with Gasteiger partial charge < -0.3 is 0 Å². The summed E-state index contributed by atoms with van der Waals surface area (Å²) in [5.41, 5.74) is 7.06. The summed E-state index contributed by atoms with van der Waals surface area (Å²) < 4.78 is 2.28. The number of halogens is 1. The lowest BCUT2D eigenvalue weighted by atomic mass is 10.2. The summed E-state index contributed by atoms with van der Waals surface area (Å²) >= 11 is 3.29. The minimum Gasteiger partial charge on any atom is -0.272 e. The topological polar surface area (TPSA) is 76.0 Å². The molecule has 0 bridgehead atoms. The molecule has 110 valence electrons. The van der Waals surface area contributed by atoms with Crippen LogP contribution in [-0.2, 0) is 7.05 Å². The Morgan fingerprint density at radius 2 is 1.76 bits per heavy atom. The van der Waals surface area contributed by atoms with Crippen LogP contribution in [0.15, 0.2) is 28.7 Å². The highest BCUT2D eigenvalue weighted by Crippen LogP contribution is 2.15. The van der Waals surface area contributed by atoms with Crippen LogP contribution in [0.25, 0.3) is 0 Å². The fourth-order valence-electron chi connectivity index (χ4n) is 1.99. The molecule has 2 amide bonds. The van der Waals surface area contributed by atoms with Crippen molar-refractivity contribution in [3.05, 3.63) is 51.3 Å². The number of aryl methyl sites for hydroxylation is 2. The third-order valence-electron chi connectivity index (χ3n) is 3.14. The predicted octanol–water partition coefficient (Wildman–Crippen LogP) is 1.87. The highest BCUT2D eigenvalue weighted by Gasteiger charge is 2.18. The number of rotatable bonds is 2. The smallest absolute Gasteiger partial charge is 0.272 e. The number of amides is 2. The highest BCUT2D eigenvalue weighted by atomic mass is 79.9. The van der Waals surface area contributed by atoms with Gasteiger partial charge in [-0.25, -0.2) is 0 Å². The van der Waals surface area contributed by atoms with Gasteiger partial charge >= 0.3 is 0 Å². The van der Waals surface area contributed by atoms with Crippen LogP contribution in [0.4, 0.5) is 0 Å². The molecule has 0 atom stereocenters. The molecular weight excluding hydrogens is 336 g/mol. The van der Waals surface area contributed by atoms with Crippen LogP contribution in [0, 0.1) is 13.8 Å². The maximum atomic E-state index is 12.1. The zero-order chi connectivity index (χ0) is 15.6. The van der Waals surface area contributed by atoms with Crippen LogP contribution < -0.4 is 10.9 Å². The van der Waals surface area contributed by atoms with Gasteiger partial charge in [0.25, 0.3) is 11.8 Å². The summed E-state index contributed by atoms with van der Waals surface area (Å²) in [5.74, 6) is -0.784. The molecule has 0 aliphatic carbocycles. The normalized spacial score (nSPS) is 10.3. The van der Waals surface area contributed by atoms with Crippen molar-refractivity contribution in [3.63, 3.8) is 0 Å². The molecule has 1 heterocycles. The molecule has 0 aliphatic heterocycles. The average Bonchev–Trinajstić information content (AvgIpc) is 2.70. The van der Waals surface area contributed by atoms with E-state index in [4.69, 9.17) is 0 Å². The van der Waals surface area contributed by atoms with Crippen molar-refractivity contribution in [2.75, 3.05) is 0 Å². The second kappa shape index (κ2) is 6.09. The number of nitrogens with one attached hydrogen (secondary N) is 2. The Bertz CT molecular complexity index is 709. The molecule has 2 aromatic rings. The lowest BCUT2D eigenvalue weighted by Gasteiger charge is -2.08. The van der Waals surface area contributed by atoms with Crippen LogP contribution >= 0.6 is 15.9 Å². The van der Waals surface area contributed by atoms with E-state index in [9.17, 15) is 9.59 Å². The van der Waals surface area contributed by atoms with Crippen molar-refractivity contribution < 1.29 is 9.59 Å². The number of carbonyl (C=O) groups is 2. The molecule has 7 heteroatoms. The second-order valence-electron chi connectivity index (χ2n) is 4.56. The predicted molar refractivity (Wildman–Crippen MR) is 81.8 cm³/mol. The van der Waals surface area contributed by atoms with Crippen molar-refractivity contribution in [3.8, 4) is 0 Å². The quantitative estimate of drug-likeness (QED) is 0.811. The Kier molecular flexibility index (Phi) is 4.42. The number of hydrogen-bond donors (Lipinski definition) is 2. The first kappa shape index (κ1) is 15.2. The van der Waals surface area contributed by atoms with Crippen LogP contribution in [0.2, 0.25) is 0 Å². The van der Waals surface area contributed by atoms with Gasteiger partial charge in [0.2, 0.25) is 0 Å². The molecule has 0 saturated heterocycles.